The summed E-state index contributed by atoms with van der Waals surface area (Å²) in [5.41, 5.74) is 1.63. The zero-order chi connectivity index (χ0) is 25.8. The lowest BCUT2D eigenvalue weighted by atomic mass is 9.97. The largest absolute Gasteiger partial charge is 0.503 e. The maximum absolute atomic E-state index is 13.7. The first kappa shape index (κ1) is 23.4. The number of thiophene rings is 1. The van der Waals surface area contributed by atoms with Crippen LogP contribution in [-0.4, -0.2) is 28.4 Å². The molecule has 0 fully saturated rings. The molecule has 0 bridgehead atoms. The molecule has 1 amide bonds. The van der Waals surface area contributed by atoms with E-state index >= 15 is 0 Å². The third-order valence-corrected chi connectivity index (χ3v) is 8.75. The van der Waals surface area contributed by atoms with Gasteiger partial charge in [-0.1, -0.05) is 29.5 Å². The number of hydrogen-bond donors (Lipinski definition) is 1. The number of benzene rings is 2. The molecule has 0 aliphatic carbocycles. The van der Waals surface area contributed by atoms with Crippen LogP contribution in [0.25, 0.3) is 20.3 Å². The molecule has 9 heteroatoms. The molecule has 1 unspecified atom stereocenters. The van der Waals surface area contributed by atoms with E-state index in [2.05, 4.69) is 0 Å². The number of aliphatic hydroxyl groups is 1. The lowest BCUT2D eigenvalue weighted by Crippen LogP contribution is -2.30. The molecule has 0 saturated carbocycles. The van der Waals surface area contributed by atoms with E-state index in [1.165, 1.54) is 27.6 Å². The molecular weight excluding hydrogens is 508 g/mol. The summed E-state index contributed by atoms with van der Waals surface area (Å²) in [4.78, 5) is 34.2. The monoisotopic (exact) mass is 530 g/mol. The Morgan fingerprint density at radius 2 is 1.92 bits per heavy atom. The van der Waals surface area contributed by atoms with Gasteiger partial charge in [0.1, 0.15) is 17.6 Å². The van der Waals surface area contributed by atoms with Crippen LogP contribution in [0.1, 0.15) is 39.7 Å². The van der Waals surface area contributed by atoms with Gasteiger partial charge in [0.25, 0.3) is 5.91 Å². The number of aliphatic hydroxyl groups excluding tert-OH is 1. The molecule has 5 aromatic rings. The van der Waals surface area contributed by atoms with Crippen LogP contribution in [-0.2, 0) is 4.79 Å². The number of thiazole rings is 1. The van der Waals surface area contributed by atoms with E-state index in [-0.39, 0.29) is 11.3 Å². The van der Waals surface area contributed by atoms with Crippen LogP contribution >= 0.6 is 22.7 Å². The lowest BCUT2D eigenvalue weighted by Gasteiger charge is -2.23. The highest BCUT2D eigenvalue weighted by Gasteiger charge is 2.47. The van der Waals surface area contributed by atoms with Crippen LogP contribution in [0.2, 0.25) is 0 Å². The quantitative estimate of drug-likeness (QED) is 0.240. The predicted molar refractivity (Wildman–Crippen MR) is 145 cm³/mol. The molecule has 1 aliphatic rings. The second kappa shape index (κ2) is 8.86. The topological polar surface area (TPSA) is 92.9 Å². The van der Waals surface area contributed by atoms with Crippen molar-refractivity contribution in [1.82, 2.24) is 4.98 Å². The average Bonchev–Trinajstić information content (AvgIpc) is 3.64. The van der Waals surface area contributed by atoms with Crippen LogP contribution in [0, 0.1) is 13.8 Å². The molecule has 3 aromatic heterocycles. The van der Waals surface area contributed by atoms with E-state index in [1.54, 1.807) is 19.1 Å². The van der Waals surface area contributed by atoms with Gasteiger partial charge in [0, 0.05) is 9.58 Å². The Morgan fingerprint density at radius 1 is 1.11 bits per heavy atom. The molecule has 0 saturated heterocycles. The summed E-state index contributed by atoms with van der Waals surface area (Å²) >= 11 is 2.81. The van der Waals surface area contributed by atoms with Gasteiger partial charge in [-0.15, -0.1) is 11.3 Å². The number of amides is 1. The van der Waals surface area contributed by atoms with Gasteiger partial charge in [0.15, 0.2) is 16.7 Å². The summed E-state index contributed by atoms with van der Waals surface area (Å²) in [5.74, 6) is -0.436. The minimum Gasteiger partial charge on any atom is -0.503 e. The summed E-state index contributed by atoms with van der Waals surface area (Å²) in [5, 5.41) is 12.5. The van der Waals surface area contributed by atoms with E-state index in [1.807, 2.05) is 56.3 Å². The number of anilines is 1. The number of fused-ring (bicyclic) bond motifs is 2. The van der Waals surface area contributed by atoms with Crippen molar-refractivity contribution in [3.05, 3.63) is 87.9 Å². The number of Topliss-reactive ketones (excluding diaryl/α,β-unsaturated/α-hetero) is 1. The fraction of sp³-hybridized carbons (Fsp3) is 0.179. The first-order valence-corrected chi connectivity index (χ1v) is 13.4. The van der Waals surface area contributed by atoms with Gasteiger partial charge in [-0.05, 0) is 68.1 Å². The zero-order valence-electron chi connectivity index (χ0n) is 20.3. The average molecular weight is 531 g/mol. The molecule has 4 heterocycles. The molecule has 7 nitrogen and oxygen atoms in total. The highest BCUT2D eigenvalue weighted by molar-refractivity contribution is 7.22. The first-order chi connectivity index (χ1) is 17.9. The number of carbonyl (C=O) groups excluding carboxylic acids is 2. The molecule has 1 aliphatic heterocycles. The van der Waals surface area contributed by atoms with Gasteiger partial charge in [0.2, 0.25) is 5.78 Å². The van der Waals surface area contributed by atoms with Gasteiger partial charge in [-0.2, -0.15) is 0 Å². The Balaban J connectivity index is 1.54. The number of hydrogen-bond acceptors (Lipinski definition) is 8. The Bertz CT molecular complexity index is 1740. The van der Waals surface area contributed by atoms with E-state index in [4.69, 9.17) is 14.1 Å². The molecule has 186 valence electrons. The second-order valence-electron chi connectivity index (χ2n) is 8.73. The fourth-order valence-corrected chi connectivity index (χ4v) is 7.01. The van der Waals surface area contributed by atoms with Crippen LogP contribution in [0.4, 0.5) is 5.13 Å². The molecule has 1 atom stereocenters. The maximum atomic E-state index is 13.7. The lowest BCUT2D eigenvalue weighted by molar-refractivity contribution is -0.117. The van der Waals surface area contributed by atoms with Crippen LogP contribution < -0.4 is 9.64 Å². The number of aromatic nitrogens is 1. The van der Waals surface area contributed by atoms with E-state index in [9.17, 15) is 14.7 Å². The van der Waals surface area contributed by atoms with E-state index in [0.29, 0.717) is 28.8 Å². The minimum atomic E-state index is -0.852. The summed E-state index contributed by atoms with van der Waals surface area (Å²) in [6.07, 6.45) is 0. The smallest absolute Gasteiger partial charge is 0.296 e. The van der Waals surface area contributed by atoms with Crippen LogP contribution in [0.5, 0.6) is 5.75 Å². The van der Waals surface area contributed by atoms with Crippen molar-refractivity contribution in [3.8, 4) is 5.75 Å². The standard InChI is InChI=1S/C28H22N2O5S2/c1-4-34-16-10-11-18-21(13-16)37-28(29-18)30-23(26-15(3)17-7-5-6-8-20(17)36-26)22(25(32)27(30)33)24(31)19-12-9-14(2)35-19/h5-13,23,32H,4H2,1-3H3. The molecule has 2 aromatic carbocycles. The SMILES string of the molecule is CCOc1ccc2nc(N3C(=O)C(O)=C(C(=O)c4ccc(C)o4)C3c3sc4ccccc4c3C)sc2c1. The Labute approximate surface area is 220 Å². The number of furan rings is 1. The predicted octanol–water partition coefficient (Wildman–Crippen LogP) is 6.90. The molecule has 1 N–H and O–H groups in total. The van der Waals surface area contributed by atoms with Gasteiger partial charge in [-0.25, -0.2) is 4.98 Å². The number of carbonyl (C=O) groups is 2. The summed E-state index contributed by atoms with van der Waals surface area (Å²) < 4.78 is 13.1. The number of ether oxygens (including phenoxy) is 1. The Morgan fingerprint density at radius 3 is 2.65 bits per heavy atom. The van der Waals surface area contributed by atoms with Crippen molar-refractivity contribution in [3.63, 3.8) is 0 Å². The third-order valence-electron chi connectivity index (χ3n) is 6.41. The van der Waals surface area contributed by atoms with Gasteiger partial charge in [-0.3, -0.25) is 14.5 Å². The van der Waals surface area contributed by atoms with Crippen molar-refractivity contribution in [2.75, 3.05) is 11.5 Å². The number of rotatable bonds is 6. The van der Waals surface area contributed by atoms with E-state index in [0.717, 1.165) is 25.2 Å². The normalized spacial score (nSPS) is 15.9. The zero-order valence-corrected chi connectivity index (χ0v) is 21.9. The number of nitrogens with zero attached hydrogens (tertiary/aromatic N) is 2. The molecule has 0 radical (unpaired) electrons. The van der Waals surface area contributed by atoms with Crippen LogP contribution in [0.15, 0.2) is 70.3 Å². The summed E-state index contributed by atoms with van der Waals surface area (Å²) in [6, 6.07) is 15.9. The Hall–Kier alpha value is -3.95. The van der Waals surface area contributed by atoms with E-state index < -0.39 is 23.5 Å². The summed E-state index contributed by atoms with van der Waals surface area (Å²) in [7, 11) is 0. The van der Waals surface area contributed by atoms with Crippen molar-refractivity contribution in [1.29, 1.82) is 0 Å². The van der Waals surface area contributed by atoms with Crippen molar-refractivity contribution >= 4 is 59.8 Å². The van der Waals surface area contributed by atoms with Gasteiger partial charge < -0.3 is 14.3 Å². The van der Waals surface area contributed by atoms with Crippen LogP contribution in [0.3, 0.4) is 0 Å². The second-order valence-corrected chi connectivity index (χ2v) is 10.8. The Kier molecular flexibility index (Phi) is 5.62. The molecular formula is C28H22N2O5S2. The summed E-state index contributed by atoms with van der Waals surface area (Å²) in [6.45, 7) is 6.15. The van der Waals surface area contributed by atoms with Gasteiger partial charge in [0.05, 0.1) is 22.4 Å². The van der Waals surface area contributed by atoms with Crippen molar-refractivity contribution in [2.24, 2.45) is 0 Å². The molecule has 37 heavy (non-hydrogen) atoms. The molecule has 0 spiro atoms. The number of aryl methyl sites for hydroxylation is 2. The number of ketones is 1. The maximum Gasteiger partial charge on any atom is 0.296 e. The minimum absolute atomic E-state index is 0.0109. The first-order valence-electron chi connectivity index (χ1n) is 11.8. The highest BCUT2D eigenvalue weighted by atomic mass is 32.1. The highest BCUT2D eigenvalue weighted by Crippen LogP contribution is 2.48. The third kappa shape index (κ3) is 3.73. The van der Waals surface area contributed by atoms with Gasteiger partial charge >= 0.3 is 0 Å². The molecule has 6 rings (SSSR count). The van der Waals surface area contributed by atoms with Crippen molar-refractivity contribution in [2.45, 2.75) is 26.8 Å². The fourth-order valence-electron chi connectivity index (χ4n) is 4.68. The van der Waals surface area contributed by atoms with Crippen molar-refractivity contribution < 1.29 is 23.8 Å².